The summed E-state index contributed by atoms with van der Waals surface area (Å²) in [6.07, 6.45) is 1.35. The summed E-state index contributed by atoms with van der Waals surface area (Å²) >= 11 is 0. The van der Waals surface area contributed by atoms with Crippen molar-refractivity contribution in [3.8, 4) is 5.75 Å². The predicted molar refractivity (Wildman–Crippen MR) is 72.3 cm³/mol. The first-order valence-electron chi connectivity index (χ1n) is 6.29. The molecular formula is C15H22O3. The molecule has 3 nitrogen and oxygen atoms in total. The number of ether oxygens (including phenoxy) is 2. The Kier molecular flexibility index (Phi) is 5.35. The van der Waals surface area contributed by atoms with Gasteiger partial charge in [0.05, 0.1) is 12.2 Å². The van der Waals surface area contributed by atoms with Crippen LogP contribution in [-0.2, 0) is 4.74 Å². The minimum Gasteiger partial charge on any atom is -0.493 e. The van der Waals surface area contributed by atoms with E-state index >= 15 is 0 Å². The molecule has 0 unspecified atom stereocenters. The molecule has 0 saturated carbocycles. The summed E-state index contributed by atoms with van der Waals surface area (Å²) in [6.45, 7) is 6.51. The Morgan fingerprint density at radius 1 is 1.22 bits per heavy atom. The van der Waals surface area contributed by atoms with Gasteiger partial charge in [-0.05, 0) is 38.1 Å². The number of methoxy groups -OCH3 is 1. The fraction of sp³-hybridized carbons (Fsp3) is 0.533. The molecule has 0 atom stereocenters. The van der Waals surface area contributed by atoms with Gasteiger partial charge < -0.3 is 9.47 Å². The van der Waals surface area contributed by atoms with Gasteiger partial charge >= 0.3 is 0 Å². The highest BCUT2D eigenvalue weighted by atomic mass is 16.5. The standard InChI is InChI=1S/C15H22O3/c1-5-14(16)12-6-8-13(9-7-12)18-11-10-15(2,3)17-4/h6-9H,5,10-11H2,1-4H3. The number of benzene rings is 1. The van der Waals surface area contributed by atoms with E-state index in [1.807, 2.05) is 45.0 Å². The lowest BCUT2D eigenvalue weighted by atomic mass is 10.1. The van der Waals surface area contributed by atoms with Crippen LogP contribution in [0, 0.1) is 0 Å². The zero-order valence-corrected chi connectivity index (χ0v) is 11.7. The molecule has 0 bridgehead atoms. The second-order valence-electron chi connectivity index (χ2n) is 4.86. The summed E-state index contributed by atoms with van der Waals surface area (Å²) in [4.78, 5) is 11.5. The van der Waals surface area contributed by atoms with Gasteiger partial charge in [0.25, 0.3) is 0 Å². The van der Waals surface area contributed by atoms with Crippen LogP contribution in [0.4, 0.5) is 0 Å². The summed E-state index contributed by atoms with van der Waals surface area (Å²) in [5.41, 5.74) is 0.569. The molecule has 1 rings (SSSR count). The van der Waals surface area contributed by atoms with Crippen LogP contribution in [-0.4, -0.2) is 25.1 Å². The Morgan fingerprint density at radius 2 is 1.83 bits per heavy atom. The smallest absolute Gasteiger partial charge is 0.162 e. The molecule has 0 radical (unpaired) electrons. The van der Waals surface area contributed by atoms with Crippen molar-refractivity contribution in [3.63, 3.8) is 0 Å². The molecule has 1 aromatic rings. The molecule has 18 heavy (non-hydrogen) atoms. The molecule has 0 heterocycles. The zero-order valence-electron chi connectivity index (χ0n) is 11.7. The maximum absolute atomic E-state index is 11.5. The molecule has 0 spiro atoms. The van der Waals surface area contributed by atoms with Crippen LogP contribution < -0.4 is 4.74 Å². The van der Waals surface area contributed by atoms with Gasteiger partial charge in [-0.3, -0.25) is 4.79 Å². The lowest BCUT2D eigenvalue weighted by Gasteiger charge is -2.22. The Morgan fingerprint density at radius 3 is 2.33 bits per heavy atom. The Bertz CT molecular complexity index is 379. The quantitative estimate of drug-likeness (QED) is 0.695. The molecule has 3 heteroatoms. The molecule has 0 N–H and O–H groups in total. The highest BCUT2D eigenvalue weighted by Gasteiger charge is 2.15. The van der Waals surface area contributed by atoms with E-state index in [1.54, 1.807) is 7.11 Å². The average Bonchev–Trinajstić information content (AvgIpc) is 2.38. The van der Waals surface area contributed by atoms with E-state index in [9.17, 15) is 4.79 Å². The van der Waals surface area contributed by atoms with E-state index in [4.69, 9.17) is 9.47 Å². The van der Waals surface area contributed by atoms with E-state index in [-0.39, 0.29) is 11.4 Å². The van der Waals surface area contributed by atoms with Gasteiger partial charge in [0, 0.05) is 25.5 Å². The van der Waals surface area contributed by atoms with Crippen LogP contribution in [0.15, 0.2) is 24.3 Å². The van der Waals surface area contributed by atoms with Gasteiger partial charge in [0.2, 0.25) is 0 Å². The van der Waals surface area contributed by atoms with E-state index in [0.717, 1.165) is 17.7 Å². The summed E-state index contributed by atoms with van der Waals surface area (Å²) in [5, 5.41) is 0. The molecule has 0 saturated heterocycles. The van der Waals surface area contributed by atoms with Gasteiger partial charge in [0.1, 0.15) is 5.75 Å². The van der Waals surface area contributed by atoms with Crippen molar-refractivity contribution in [2.45, 2.75) is 39.2 Å². The molecule has 0 aromatic heterocycles. The number of carbonyl (C=O) groups excluding carboxylic acids is 1. The first-order valence-corrected chi connectivity index (χ1v) is 6.29. The number of hydrogen-bond donors (Lipinski definition) is 0. The van der Waals surface area contributed by atoms with Crippen molar-refractivity contribution in [2.75, 3.05) is 13.7 Å². The Hall–Kier alpha value is -1.35. The van der Waals surface area contributed by atoms with Crippen molar-refractivity contribution in [3.05, 3.63) is 29.8 Å². The first kappa shape index (κ1) is 14.7. The topological polar surface area (TPSA) is 35.5 Å². The fourth-order valence-corrected chi connectivity index (χ4v) is 1.46. The third-order valence-electron chi connectivity index (χ3n) is 3.02. The summed E-state index contributed by atoms with van der Waals surface area (Å²) in [7, 11) is 1.70. The second-order valence-corrected chi connectivity index (χ2v) is 4.86. The van der Waals surface area contributed by atoms with E-state index in [2.05, 4.69) is 0 Å². The van der Waals surface area contributed by atoms with E-state index in [1.165, 1.54) is 0 Å². The van der Waals surface area contributed by atoms with Crippen LogP contribution in [0.3, 0.4) is 0 Å². The van der Waals surface area contributed by atoms with Gasteiger partial charge in [0.15, 0.2) is 5.78 Å². The van der Waals surface area contributed by atoms with Crippen LogP contribution in [0.1, 0.15) is 44.0 Å². The summed E-state index contributed by atoms with van der Waals surface area (Å²) in [5.74, 6) is 0.941. The number of Topliss-reactive ketones (excluding diaryl/α,β-unsaturated/α-hetero) is 1. The van der Waals surface area contributed by atoms with Crippen molar-refractivity contribution >= 4 is 5.78 Å². The average molecular weight is 250 g/mol. The van der Waals surface area contributed by atoms with Gasteiger partial charge in [-0.1, -0.05) is 6.92 Å². The van der Waals surface area contributed by atoms with E-state index < -0.39 is 0 Å². The highest BCUT2D eigenvalue weighted by molar-refractivity contribution is 5.95. The summed E-state index contributed by atoms with van der Waals surface area (Å²) in [6, 6.07) is 7.29. The maximum atomic E-state index is 11.5. The van der Waals surface area contributed by atoms with Crippen LogP contribution in [0.25, 0.3) is 0 Å². The van der Waals surface area contributed by atoms with Crippen molar-refractivity contribution in [1.82, 2.24) is 0 Å². The number of carbonyl (C=O) groups is 1. The third kappa shape index (κ3) is 4.49. The van der Waals surface area contributed by atoms with E-state index in [0.29, 0.717) is 13.0 Å². The molecule has 100 valence electrons. The van der Waals surface area contributed by atoms with Gasteiger partial charge in [-0.15, -0.1) is 0 Å². The molecule has 1 aromatic carbocycles. The third-order valence-corrected chi connectivity index (χ3v) is 3.02. The number of hydrogen-bond acceptors (Lipinski definition) is 3. The predicted octanol–water partition coefficient (Wildman–Crippen LogP) is 3.47. The SMILES string of the molecule is CCC(=O)c1ccc(OCCC(C)(C)OC)cc1. The Balaban J connectivity index is 2.47. The molecule has 0 aliphatic carbocycles. The van der Waals surface area contributed by atoms with Crippen molar-refractivity contribution in [1.29, 1.82) is 0 Å². The lowest BCUT2D eigenvalue weighted by Crippen LogP contribution is -2.25. The molecule has 0 amide bonds. The van der Waals surface area contributed by atoms with Gasteiger partial charge in [-0.2, -0.15) is 0 Å². The van der Waals surface area contributed by atoms with Gasteiger partial charge in [-0.25, -0.2) is 0 Å². The minimum absolute atomic E-state index is 0.155. The number of ketones is 1. The van der Waals surface area contributed by atoms with Crippen LogP contribution in [0.2, 0.25) is 0 Å². The van der Waals surface area contributed by atoms with Crippen LogP contribution in [0.5, 0.6) is 5.75 Å². The number of rotatable bonds is 7. The second kappa shape index (κ2) is 6.55. The highest BCUT2D eigenvalue weighted by Crippen LogP contribution is 2.17. The Labute approximate surface area is 109 Å². The molecular weight excluding hydrogens is 228 g/mol. The lowest BCUT2D eigenvalue weighted by molar-refractivity contribution is 0.00546. The zero-order chi connectivity index (χ0) is 13.6. The molecule has 0 aliphatic heterocycles. The van der Waals surface area contributed by atoms with Crippen LogP contribution >= 0.6 is 0 Å². The maximum Gasteiger partial charge on any atom is 0.162 e. The normalized spacial score (nSPS) is 11.3. The molecule has 0 aliphatic rings. The summed E-state index contributed by atoms with van der Waals surface area (Å²) < 4.78 is 10.9. The fourth-order valence-electron chi connectivity index (χ4n) is 1.46. The molecule has 0 fully saturated rings. The minimum atomic E-state index is -0.169. The van der Waals surface area contributed by atoms with Crippen molar-refractivity contribution < 1.29 is 14.3 Å². The largest absolute Gasteiger partial charge is 0.493 e. The van der Waals surface area contributed by atoms with Crippen molar-refractivity contribution in [2.24, 2.45) is 0 Å². The monoisotopic (exact) mass is 250 g/mol. The first-order chi connectivity index (χ1) is 8.48.